The average molecular weight is 403 g/mol. The van der Waals surface area contributed by atoms with E-state index in [1.54, 1.807) is 12.1 Å². The Balaban J connectivity index is 0.00000338. The molecule has 0 radical (unpaired) electrons. The molecule has 2 aromatic carbocycles. The topological polar surface area (TPSA) is 86.7 Å². The summed E-state index contributed by atoms with van der Waals surface area (Å²) in [6.45, 7) is 2.17. The first-order chi connectivity index (χ1) is 11.9. The standard InChI is InChI=1S/C19H24O5S.K/c1-2-3-4-5-6-8-15-11-12-16(20)13-19(15)24-17-9-7-10-18(14-17)25(21,22)23;/h7,9-14,20H,2-6,8H2,1H3,(H,21,22,23);/q;+1/p-1. The van der Waals surface area contributed by atoms with Gasteiger partial charge < -0.3 is 9.84 Å². The molecule has 2 aromatic rings. The Hall–Kier alpha value is -0.414. The van der Waals surface area contributed by atoms with Gasteiger partial charge in [-0.15, -0.1) is 5.75 Å². The van der Waals surface area contributed by atoms with Gasteiger partial charge in [-0.2, -0.15) is 8.42 Å². The van der Waals surface area contributed by atoms with E-state index in [1.165, 1.54) is 49.6 Å². The summed E-state index contributed by atoms with van der Waals surface area (Å²) in [4.78, 5) is -0.246. The third-order valence-corrected chi connectivity index (χ3v) is 4.77. The molecule has 0 saturated carbocycles. The zero-order valence-corrected chi connectivity index (χ0v) is 19.2. The van der Waals surface area contributed by atoms with E-state index in [1.807, 2.05) is 0 Å². The molecule has 0 fully saturated rings. The summed E-state index contributed by atoms with van der Waals surface area (Å²) in [5, 5.41) is 11.7. The third kappa shape index (κ3) is 7.68. The maximum absolute atomic E-state index is 11.7. The van der Waals surface area contributed by atoms with Crippen molar-refractivity contribution in [3.05, 3.63) is 48.0 Å². The van der Waals surface area contributed by atoms with Crippen LogP contribution in [0.25, 0.3) is 0 Å². The molecule has 0 aromatic heterocycles. The number of benzene rings is 2. The summed E-state index contributed by atoms with van der Waals surface area (Å²) in [6, 6.07) is 10.2. The van der Waals surface area contributed by atoms with Crippen molar-refractivity contribution < 1.29 is 74.2 Å². The van der Waals surface area contributed by atoms with E-state index in [0.29, 0.717) is 5.75 Å². The SMILES string of the molecule is CCCCCCCc1ccc([O-])cc1Oc1cccc(S(=O)(=O)O)c1.[K+]. The van der Waals surface area contributed by atoms with E-state index in [4.69, 9.17) is 9.29 Å². The molecule has 2 rings (SSSR count). The van der Waals surface area contributed by atoms with Crippen LogP contribution in [0.1, 0.15) is 44.6 Å². The largest absolute Gasteiger partial charge is 1.00 e. The first-order valence-corrected chi connectivity index (χ1v) is 9.89. The molecule has 26 heavy (non-hydrogen) atoms. The van der Waals surface area contributed by atoms with Gasteiger partial charge in [-0.3, -0.25) is 4.55 Å². The fraction of sp³-hybridized carbons (Fsp3) is 0.368. The van der Waals surface area contributed by atoms with Gasteiger partial charge in [0.05, 0.1) is 4.90 Å². The van der Waals surface area contributed by atoms with Crippen LogP contribution in [0.5, 0.6) is 17.2 Å². The minimum Gasteiger partial charge on any atom is -0.872 e. The van der Waals surface area contributed by atoms with Gasteiger partial charge in [0.15, 0.2) is 0 Å². The molecule has 0 aliphatic rings. The van der Waals surface area contributed by atoms with Gasteiger partial charge in [-0.25, -0.2) is 0 Å². The number of aryl methyl sites for hydroxylation is 1. The number of ether oxygens (including phenoxy) is 1. The molecule has 136 valence electrons. The van der Waals surface area contributed by atoms with Crippen LogP contribution in [0.3, 0.4) is 0 Å². The Bertz CT molecular complexity index is 805. The molecule has 1 N–H and O–H groups in total. The van der Waals surface area contributed by atoms with Gasteiger partial charge in [-0.05, 0) is 36.6 Å². The fourth-order valence-electron chi connectivity index (χ4n) is 2.58. The van der Waals surface area contributed by atoms with Crippen molar-refractivity contribution >= 4 is 10.1 Å². The van der Waals surface area contributed by atoms with Gasteiger partial charge in [0.25, 0.3) is 10.1 Å². The maximum Gasteiger partial charge on any atom is 1.00 e. The van der Waals surface area contributed by atoms with Gasteiger partial charge >= 0.3 is 51.4 Å². The van der Waals surface area contributed by atoms with E-state index in [0.717, 1.165) is 24.8 Å². The molecule has 0 bridgehead atoms. The minimum absolute atomic E-state index is 0. The van der Waals surface area contributed by atoms with Crippen molar-refractivity contribution in [1.82, 2.24) is 0 Å². The Morgan fingerprint density at radius 1 is 1.04 bits per heavy atom. The van der Waals surface area contributed by atoms with Crippen LogP contribution in [0.4, 0.5) is 0 Å². The predicted molar refractivity (Wildman–Crippen MR) is 94.7 cm³/mol. The first kappa shape index (κ1) is 23.6. The summed E-state index contributed by atoms with van der Waals surface area (Å²) < 4.78 is 37.3. The molecular formula is C19H23KO5S. The van der Waals surface area contributed by atoms with Crippen LogP contribution in [0.2, 0.25) is 0 Å². The second-order valence-electron chi connectivity index (χ2n) is 5.99. The quantitative estimate of drug-likeness (QED) is 0.388. The van der Waals surface area contributed by atoms with E-state index < -0.39 is 10.1 Å². The Morgan fingerprint density at radius 3 is 2.46 bits per heavy atom. The zero-order valence-electron chi connectivity index (χ0n) is 15.3. The van der Waals surface area contributed by atoms with Gasteiger partial charge in [0, 0.05) is 6.07 Å². The molecule has 0 heterocycles. The van der Waals surface area contributed by atoms with E-state index >= 15 is 0 Å². The number of unbranched alkanes of at least 4 members (excludes halogenated alkanes) is 4. The number of rotatable bonds is 9. The van der Waals surface area contributed by atoms with Gasteiger partial charge in [-0.1, -0.05) is 50.8 Å². The first-order valence-electron chi connectivity index (χ1n) is 8.45. The maximum atomic E-state index is 11.7. The number of hydrogen-bond donors (Lipinski definition) is 1. The fourth-order valence-corrected chi connectivity index (χ4v) is 3.10. The van der Waals surface area contributed by atoms with E-state index in [2.05, 4.69) is 6.92 Å². The van der Waals surface area contributed by atoms with Crippen LogP contribution >= 0.6 is 0 Å². The normalized spacial score (nSPS) is 11.0. The summed E-state index contributed by atoms with van der Waals surface area (Å²) in [5.74, 6) is 0.513. The van der Waals surface area contributed by atoms with E-state index in [9.17, 15) is 13.5 Å². The summed E-state index contributed by atoms with van der Waals surface area (Å²) in [6.07, 6.45) is 6.49. The van der Waals surface area contributed by atoms with Crippen LogP contribution in [-0.2, 0) is 16.5 Å². The monoisotopic (exact) mass is 402 g/mol. The number of hydrogen-bond acceptors (Lipinski definition) is 4. The molecule has 7 heteroatoms. The van der Waals surface area contributed by atoms with Gasteiger partial charge in [0.2, 0.25) is 0 Å². The van der Waals surface area contributed by atoms with Crippen LogP contribution in [0.15, 0.2) is 47.4 Å². The molecule has 0 unspecified atom stereocenters. The predicted octanol–water partition coefficient (Wildman–Crippen LogP) is 1.32. The Kier molecular flexibility index (Phi) is 10.4. The Labute approximate surface area is 198 Å². The zero-order chi connectivity index (χ0) is 18.3. The molecular weight excluding hydrogens is 379 g/mol. The third-order valence-electron chi connectivity index (χ3n) is 3.92. The van der Waals surface area contributed by atoms with Crippen molar-refractivity contribution in [1.29, 1.82) is 0 Å². The van der Waals surface area contributed by atoms with Crippen LogP contribution in [0, 0.1) is 0 Å². The van der Waals surface area contributed by atoms with Crippen LogP contribution in [-0.4, -0.2) is 13.0 Å². The molecule has 0 amide bonds. The second kappa shape index (κ2) is 11.4. The molecule has 0 atom stereocenters. The van der Waals surface area contributed by atoms with Crippen molar-refractivity contribution in [2.75, 3.05) is 0 Å². The second-order valence-corrected chi connectivity index (χ2v) is 7.41. The van der Waals surface area contributed by atoms with Crippen molar-refractivity contribution in [3.63, 3.8) is 0 Å². The van der Waals surface area contributed by atoms with E-state index in [-0.39, 0.29) is 67.8 Å². The smallest absolute Gasteiger partial charge is 0.872 e. The molecule has 0 aliphatic heterocycles. The van der Waals surface area contributed by atoms with Crippen molar-refractivity contribution in [2.45, 2.75) is 50.3 Å². The Morgan fingerprint density at radius 2 is 1.77 bits per heavy atom. The van der Waals surface area contributed by atoms with Crippen molar-refractivity contribution in [3.8, 4) is 17.2 Å². The van der Waals surface area contributed by atoms with Gasteiger partial charge in [0.1, 0.15) is 11.5 Å². The molecule has 5 nitrogen and oxygen atoms in total. The molecule has 0 saturated heterocycles. The minimum atomic E-state index is -4.30. The molecule has 0 spiro atoms. The average Bonchev–Trinajstić information content (AvgIpc) is 2.56. The van der Waals surface area contributed by atoms with Crippen LogP contribution < -0.4 is 61.2 Å². The summed E-state index contributed by atoms with van der Waals surface area (Å²) in [5.41, 5.74) is 0.911. The molecule has 0 aliphatic carbocycles. The summed E-state index contributed by atoms with van der Waals surface area (Å²) >= 11 is 0. The van der Waals surface area contributed by atoms with Crippen molar-refractivity contribution in [2.24, 2.45) is 0 Å². The summed E-state index contributed by atoms with van der Waals surface area (Å²) in [7, 11) is -4.30.